The van der Waals surface area contributed by atoms with Crippen LogP contribution in [0.15, 0.2) is 42.5 Å². The highest BCUT2D eigenvalue weighted by Gasteiger charge is 2.25. The van der Waals surface area contributed by atoms with E-state index < -0.39 is 17.9 Å². The SMILES string of the molecule is CCN(CC)C(=O)c1ccc(C(=O)NC(C(=O)O)c2ccc3c(c2)CCO3)cc1. The van der Waals surface area contributed by atoms with Gasteiger partial charge < -0.3 is 20.1 Å². The molecule has 0 saturated carbocycles. The van der Waals surface area contributed by atoms with Crippen LogP contribution >= 0.6 is 0 Å². The molecule has 0 spiro atoms. The summed E-state index contributed by atoms with van der Waals surface area (Å²) in [5, 5.41) is 12.2. The van der Waals surface area contributed by atoms with Gasteiger partial charge in [-0.2, -0.15) is 0 Å². The van der Waals surface area contributed by atoms with Crippen molar-refractivity contribution in [1.29, 1.82) is 0 Å². The Labute approximate surface area is 169 Å². The Morgan fingerprint density at radius 2 is 1.72 bits per heavy atom. The molecule has 2 aromatic rings. The van der Waals surface area contributed by atoms with Crippen molar-refractivity contribution in [3.63, 3.8) is 0 Å². The third kappa shape index (κ3) is 4.39. The molecule has 0 aliphatic carbocycles. The third-order valence-electron chi connectivity index (χ3n) is 5.01. The number of fused-ring (bicyclic) bond motifs is 1. The highest BCUT2D eigenvalue weighted by molar-refractivity contribution is 5.99. The van der Waals surface area contributed by atoms with Gasteiger partial charge in [-0.15, -0.1) is 0 Å². The molecule has 7 nitrogen and oxygen atoms in total. The number of carboxylic acid groups (broad SMARTS) is 1. The molecule has 0 saturated heterocycles. The number of rotatable bonds is 7. The first kappa shape index (κ1) is 20.4. The minimum Gasteiger partial charge on any atom is -0.493 e. The van der Waals surface area contributed by atoms with E-state index in [-0.39, 0.29) is 11.5 Å². The van der Waals surface area contributed by atoms with Crippen LogP contribution in [0.4, 0.5) is 0 Å². The van der Waals surface area contributed by atoms with E-state index in [1.165, 1.54) is 12.1 Å². The van der Waals surface area contributed by atoms with Gasteiger partial charge in [-0.25, -0.2) is 4.79 Å². The molecule has 0 bridgehead atoms. The molecule has 0 aromatic heterocycles. The van der Waals surface area contributed by atoms with Gasteiger partial charge >= 0.3 is 5.97 Å². The predicted molar refractivity (Wildman–Crippen MR) is 107 cm³/mol. The Morgan fingerprint density at radius 3 is 2.34 bits per heavy atom. The van der Waals surface area contributed by atoms with Crippen LogP contribution in [0.3, 0.4) is 0 Å². The predicted octanol–water partition coefficient (Wildman–Crippen LogP) is 2.66. The summed E-state index contributed by atoms with van der Waals surface area (Å²) in [6, 6.07) is 10.2. The fraction of sp³-hybridized carbons (Fsp3) is 0.318. The van der Waals surface area contributed by atoms with Crippen molar-refractivity contribution in [2.24, 2.45) is 0 Å². The summed E-state index contributed by atoms with van der Waals surface area (Å²) in [6.45, 7) is 5.58. The van der Waals surface area contributed by atoms with E-state index in [1.54, 1.807) is 35.2 Å². The Kier molecular flexibility index (Phi) is 6.16. The fourth-order valence-electron chi connectivity index (χ4n) is 3.35. The zero-order valence-electron chi connectivity index (χ0n) is 16.5. The number of benzene rings is 2. The fourth-order valence-corrected chi connectivity index (χ4v) is 3.35. The van der Waals surface area contributed by atoms with E-state index in [0.29, 0.717) is 37.2 Å². The molecular weight excluding hydrogens is 372 g/mol. The molecule has 1 unspecified atom stereocenters. The summed E-state index contributed by atoms with van der Waals surface area (Å²) in [7, 11) is 0. The van der Waals surface area contributed by atoms with Gasteiger partial charge in [0.05, 0.1) is 6.61 Å². The minimum absolute atomic E-state index is 0.106. The number of carbonyl (C=O) groups excluding carboxylic acids is 2. The lowest BCUT2D eigenvalue weighted by atomic mass is 10.0. The number of carboxylic acids is 1. The average molecular weight is 396 g/mol. The second-order valence-electron chi connectivity index (χ2n) is 6.77. The summed E-state index contributed by atoms with van der Waals surface area (Å²) in [4.78, 5) is 38.4. The summed E-state index contributed by atoms with van der Waals surface area (Å²) in [5.41, 5.74) is 2.20. The topological polar surface area (TPSA) is 95.9 Å². The normalized spacial score (nSPS) is 13.2. The molecule has 152 valence electrons. The van der Waals surface area contributed by atoms with Gasteiger partial charge in [-0.3, -0.25) is 9.59 Å². The highest BCUT2D eigenvalue weighted by atomic mass is 16.5. The molecule has 29 heavy (non-hydrogen) atoms. The van der Waals surface area contributed by atoms with Gasteiger partial charge in [0.2, 0.25) is 0 Å². The maximum absolute atomic E-state index is 12.6. The van der Waals surface area contributed by atoms with Crippen LogP contribution in [0.2, 0.25) is 0 Å². The number of nitrogens with zero attached hydrogens (tertiary/aromatic N) is 1. The molecule has 3 rings (SSSR count). The van der Waals surface area contributed by atoms with E-state index in [2.05, 4.69) is 5.32 Å². The molecule has 1 aliphatic rings. The number of aliphatic carboxylic acids is 1. The van der Waals surface area contributed by atoms with Crippen molar-refractivity contribution >= 4 is 17.8 Å². The number of hydrogen-bond donors (Lipinski definition) is 2. The second kappa shape index (κ2) is 8.77. The third-order valence-corrected chi connectivity index (χ3v) is 5.01. The van der Waals surface area contributed by atoms with E-state index in [9.17, 15) is 19.5 Å². The highest BCUT2D eigenvalue weighted by Crippen LogP contribution is 2.28. The lowest BCUT2D eigenvalue weighted by Gasteiger charge is -2.19. The Morgan fingerprint density at radius 1 is 1.07 bits per heavy atom. The Balaban J connectivity index is 1.75. The Bertz CT molecular complexity index is 919. The molecule has 0 fully saturated rings. The molecular formula is C22H24N2O5. The summed E-state index contributed by atoms with van der Waals surface area (Å²) < 4.78 is 5.44. The van der Waals surface area contributed by atoms with E-state index in [0.717, 1.165) is 11.3 Å². The molecule has 7 heteroatoms. The van der Waals surface area contributed by atoms with Crippen LogP contribution in [0.5, 0.6) is 5.75 Å². The summed E-state index contributed by atoms with van der Waals surface area (Å²) in [5.74, 6) is -1.02. The van der Waals surface area contributed by atoms with Gasteiger partial charge in [0.25, 0.3) is 11.8 Å². The molecule has 0 radical (unpaired) electrons. The van der Waals surface area contributed by atoms with Crippen molar-refractivity contribution in [2.45, 2.75) is 26.3 Å². The quantitative estimate of drug-likeness (QED) is 0.750. The lowest BCUT2D eigenvalue weighted by molar-refractivity contribution is -0.139. The van der Waals surface area contributed by atoms with Crippen LogP contribution < -0.4 is 10.1 Å². The first-order valence-corrected chi connectivity index (χ1v) is 9.63. The molecule has 1 aliphatic heterocycles. The monoisotopic (exact) mass is 396 g/mol. The van der Waals surface area contributed by atoms with Crippen molar-refractivity contribution in [1.82, 2.24) is 10.2 Å². The number of nitrogens with one attached hydrogen (secondary N) is 1. The second-order valence-corrected chi connectivity index (χ2v) is 6.77. The molecule has 2 N–H and O–H groups in total. The lowest BCUT2D eigenvalue weighted by Crippen LogP contribution is -2.34. The first-order chi connectivity index (χ1) is 13.9. The van der Waals surface area contributed by atoms with E-state index in [4.69, 9.17) is 4.74 Å². The number of carbonyl (C=O) groups is 3. The minimum atomic E-state index is -1.18. The molecule has 2 aromatic carbocycles. The first-order valence-electron chi connectivity index (χ1n) is 9.63. The molecule has 2 amide bonds. The average Bonchev–Trinajstić information content (AvgIpc) is 3.20. The number of amides is 2. The van der Waals surface area contributed by atoms with Gasteiger partial charge in [0.15, 0.2) is 6.04 Å². The van der Waals surface area contributed by atoms with Crippen LogP contribution in [-0.2, 0) is 11.2 Å². The molecule has 1 heterocycles. The Hall–Kier alpha value is -3.35. The van der Waals surface area contributed by atoms with Crippen molar-refractivity contribution in [3.8, 4) is 5.75 Å². The van der Waals surface area contributed by atoms with Crippen LogP contribution in [0, 0.1) is 0 Å². The zero-order chi connectivity index (χ0) is 21.0. The van der Waals surface area contributed by atoms with Gasteiger partial charge in [-0.05, 0) is 61.4 Å². The summed E-state index contributed by atoms with van der Waals surface area (Å²) >= 11 is 0. The maximum Gasteiger partial charge on any atom is 0.330 e. The number of ether oxygens (including phenoxy) is 1. The van der Waals surface area contributed by atoms with Crippen molar-refractivity contribution < 1.29 is 24.2 Å². The maximum atomic E-state index is 12.6. The van der Waals surface area contributed by atoms with Crippen molar-refractivity contribution in [2.75, 3.05) is 19.7 Å². The van der Waals surface area contributed by atoms with Crippen molar-refractivity contribution in [3.05, 3.63) is 64.7 Å². The zero-order valence-corrected chi connectivity index (χ0v) is 16.5. The number of hydrogen-bond acceptors (Lipinski definition) is 4. The van der Waals surface area contributed by atoms with Gasteiger partial charge in [0.1, 0.15) is 5.75 Å². The largest absolute Gasteiger partial charge is 0.493 e. The van der Waals surface area contributed by atoms with Crippen LogP contribution in [0.1, 0.15) is 51.7 Å². The standard InChI is InChI=1S/C22H24N2O5/c1-3-24(4-2)21(26)15-7-5-14(6-8-15)20(25)23-19(22(27)28)17-9-10-18-16(13-17)11-12-29-18/h5-10,13,19H,3-4,11-12H2,1-2H3,(H,23,25)(H,27,28). The van der Waals surface area contributed by atoms with E-state index in [1.807, 2.05) is 13.8 Å². The smallest absolute Gasteiger partial charge is 0.330 e. The van der Waals surface area contributed by atoms with Gasteiger partial charge in [0, 0.05) is 30.6 Å². The van der Waals surface area contributed by atoms with Crippen LogP contribution in [-0.4, -0.2) is 47.5 Å². The summed E-state index contributed by atoms with van der Waals surface area (Å²) in [6.07, 6.45) is 0.714. The van der Waals surface area contributed by atoms with E-state index >= 15 is 0 Å². The molecule has 1 atom stereocenters. The van der Waals surface area contributed by atoms with Crippen LogP contribution in [0.25, 0.3) is 0 Å². The van der Waals surface area contributed by atoms with Gasteiger partial charge in [-0.1, -0.05) is 6.07 Å².